The Balaban J connectivity index is 0.931. The number of nitrogens with one attached hydrogen (secondary N) is 2. The molecule has 7 atom stereocenters. The quantitative estimate of drug-likeness (QED) is 0.0699. The molecule has 29 heteroatoms. The van der Waals surface area contributed by atoms with E-state index in [1.807, 2.05) is 36.6 Å². The first-order valence-electron chi connectivity index (χ1n) is 28.3. The van der Waals surface area contributed by atoms with Crippen molar-refractivity contribution in [2.75, 3.05) is 46.0 Å². The van der Waals surface area contributed by atoms with Gasteiger partial charge in [0, 0.05) is 88.2 Å². The van der Waals surface area contributed by atoms with E-state index in [1.54, 1.807) is 65.0 Å². The highest BCUT2D eigenvalue weighted by Gasteiger charge is 2.45. The van der Waals surface area contributed by atoms with Gasteiger partial charge in [-0.3, -0.25) is 33.7 Å². The van der Waals surface area contributed by atoms with E-state index in [-0.39, 0.29) is 58.6 Å². The maximum atomic E-state index is 15.4. The van der Waals surface area contributed by atoms with E-state index in [1.165, 1.54) is 44.8 Å². The fourth-order valence-corrected chi connectivity index (χ4v) is 16.2. The summed E-state index contributed by atoms with van der Waals surface area (Å²) < 4.78 is 11.6. The van der Waals surface area contributed by atoms with Crippen LogP contribution in [-0.4, -0.2) is 148 Å². The predicted octanol–water partition coefficient (Wildman–Crippen LogP) is 7.28. The number of ether oxygens (including phenoxy) is 2. The zero-order chi connectivity index (χ0) is 62.0. The van der Waals surface area contributed by atoms with Crippen LogP contribution < -0.4 is 26.8 Å². The molecule has 0 aliphatic carbocycles. The number of amides is 5. The summed E-state index contributed by atoms with van der Waals surface area (Å²) >= 11 is 7.09. The van der Waals surface area contributed by atoms with Gasteiger partial charge in [0.05, 0.1) is 54.6 Å². The number of Topliss-reactive ketones (excluding diaryl/α,β-unsaturated/α-hetero) is 1. The van der Waals surface area contributed by atoms with E-state index in [9.17, 15) is 34.2 Å². The van der Waals surface area contributed by atoms with E-state index in [0.717, 1.165) is 53.6 Å². The third kappa shape index (κ3) is 13.5. The summed E-state index contributed by atoms with van der Waals surface area (Å²) in [7, 11) is 0. The molecule has 458 valence electrons. The number of pyridine rings is 1. The highest BCUT2D eigenvalue weighted by atomic mass is 32.1. The van der Waals surface area contributed by atoms with Gasteiger partial charge in [-0.25, -0.2) is 34.9 Å². The Hall–Kier alpha value is -7.97. The summed E-state index contributed by atoms with van der Waals surface area (Å²) in [6, 6.07) is 16.5. The van der Waals surface area contributed by atoms with Gasteiger partial charge in [0.1, 0.15) is 83.3 Å². The molecule has 2 fully saturated rings. The normalized spacial score (nSPS) is 20.6. The lowest BCUT2D eigenvalue weighted by molar-refractivity contribution is -0.134. The monoisotopic (exact) mass is 1310 g/mol. The molecule has 0 saturated carbocycles. The number of nitrogens with zero attached hydrogens (tertiary/aromatic N) is 9. The molecule has 0 unspecified atom stereocenters. The van der Waals surface area contributed by atoms with Crippen molar-refractivity contribution in [3.63, 3.8) is 0 Å². The Bertz CT molecular complexity index is 4100. The number of aryl methyl sites for hydroxylation is 1. The molecular formula is C60H57N13O10S6. The first kappa shape index (κ1) is 61.3. The fourth-order valence-electron chi connectivity index (χ4n) is 10.8. The number of aromatic nitrogens is 7. The van der Waals surface area contributed by atoms with Crippen molar-refractivity contribution in [3.8, 4) is 49.1 Å². The summed E-state index contributed by atoms with van der Waals surface area (Å²) in [5, 5.41) is 40.1. The molecule has 23 nitrogen and oxygen atoms in total. The number of primary amides is 2. The van der Waals surface area contributed by atoms with Crippen molar-refractivity contribution in [2.45, 2.75) is 69.4 Å². The van der Waals surface area contributed by atoms with Crippen LogP contribution in [0.15, 0.2) is 93.6 Å². The summed E-state index contributed by atoms with van der Waals surface area (Å²) in [5.74, 6) is -4.64. The second-order valence-corrected chi connectivity index (χ2v) is 27.1. The Morgan fingerprint density at radius 3 is 2.13 bits per heavy atom. The summed E-state index contributed by atoms with van der Waals surface area (Å²) in [6.45, 7) is 7.66. The smallest absolute Gasteiger partial charge is 0.271 e. The van der Waals surface area contributed by atoms with Crippen LogP contribution >= 0.6 is 68.0 Å². The Morgan fingerprint density at radius 2 is 1.38 bits per heavy atom. The first-order chi connectivity index (χ1) is 43.0. The van der Waals surface area contributed by atoms with Crippen molar-refractivity contribution >= 4 is 103 Å². The minimum atomic E-state index is -1.29. The molecule has 5 amide bonds. The molecule has 3 aliphatic heterocycles. The van der Waals surface area contributed by atoms with E-state index in [4.69, 9.17) is 50.8 Å². The maximum absolute atomic E-state index is 15.4. The number of fused-ring (bicyclic) bond motifs is 16. The van der Waals surface area contributed by atoms with E-state index in [0.29, 0.717) is 89.9 Å². The van der Waals surface area contributed by atoms with Crippen molar-refractivity contribution < 1.29 is 48.5 Å². The Kier molecular flexibility index (Phi) is 18.3. The van der Waals surface area contributed by atoms with Gasteiger partial charge < -0.3 is 46.7 Å². The lowest BCUT2D eigenvalue weighted by Gasteiger charge is -2.29. The van der Waals surface area contributed by atoms with Crippen LogP contribution in [0.1, 0.15) is 117 Å². The minimum Gasteiger partial charge on any atom is -0.492 e. The molecule has 0 radical (unpaired) electrons. The number of nitrogens with two attached hydrogens (primary N) is 2. The van der Waals surface area contributed by atoms with Crippen molar-refractivity contribution in [3.05, 3.63) is 147 Å². The van der Waals surface area contributed by atoms with Crippen LogP contribution in [0.25, 0.3) is 43.4 Å². The van der Waals surface area contributed by atoms with E-state index < -0.39 is 77.5 Å². The molecular weight excluding hydrogens is 1260 g/mol. The lowest BCUT2D eigenvalue weighted by atomic mass is 9.90. The average Bonchev–Trinajstić information content (AvgIpc) is 4.46. The number of thiazole rings is 6. The van der Waals surface area contributed by atoms with Gasteiger partial charge in [-0.15, -0.1) is 68.0 Å². The number of benzene rings is 2. The second kappa shape index (κ2) is 26.6. The topological polar surface area (TPSA) is 334 Å². The fraction of sp³-hybridized carbons (Fsp3) is 0.317. The third-order valence-corrected chi connectivity index (χ3v) is 21.1. The van der Waals surface area contributed by atoms with Crippen LogP contribution in [0.4, 0.5) is 0 Å². The Labute approximate surface area is 532 Å². The van der Waals surface area contributed by atoms with Gasteiger partial charge >= 0.3 is 0 Å². The number of carbonyl (C=O) groups excluding carboxylic acids is 6. The molecule has 3 aliphatic rings. The number of rotatable bonds is 12. The highest BCUT2D eigenvalue weighted by molar-refractivity contribution is 7.15. The number of carbonyl (C=O) groups is 6. The second-order valence-electron chi connectivity index (χ2n) is 21.5. The number of aliphatic hydroxyl groups is 2. The molecule has 2 saturated heterocycles. The summed E-state index contributed by atoms with van der Waals surface area (Å²) in [6.07, 6.45) is -2.92. The lowest BCUT2D eigenvalue weighted by Crippen LogP contribution is -2.50. The molecule has 12 rings (SSSR count). The third-order valence-electron chi connectivity index (χ3n) is 15.5. The van der Waals surface area contributed by atoms with Gasteiger partial charge in [-0.1, -0.05) is 49.4 Å². The number of hydrogen-bond donors (Lipinski definition) is 6. The summed E-state index contributed by atoms with van der Waals surface area (Å²) in [5.41, 5.74) is 14.7. The molecule has 8 N–H and O–H groups in total. The SMILES string of the molecule is Cc1sc2nc1C(=O)C[C@@H]([C@H](O)c1ccccc1)c1nc(cs1)C(=O)N[C@@H](Cc1ccc(OCCN3CCOCC3)cc1)C(=O)N1C[C@H](O)[C@H](C)[C@H]1c1nc(cs1)-c1nc(cs1)-c1nc(-c3nc(C(N)=O)cs3)ccc1-c1nc(cs1)C(=O)N[C@H]2CC(N)=O. The zero-order valence-corrected chi connectivity index (χ0v) is 52.5. The summed E-state index contributed by atoms with van der Waals surface area (Å²) in [4.78, 5) is 122. The number of hydrogen-bond acceptors (Lipinski definition) is 24. The zero-order valence-electron chi connectivity index (χ0n) is 47.6. The van der Waals surface area contributed by atoms with Gasteiger partial charge in [-0.2, -0.15) is 0 Å². The van der Waals surface area contributed by atoms with Crippen LogP contribution in [0.3, 0.4) is 0 Å². The highest BCUT2D eigenvalue weighted by Crippen LogP contribution is 2.43. The molecule has 0 spiro atoms. The van der Waals surface area contributed by atoms with E-state index in [2.05, 4.69) is 20.5 Å². The predicted molar refractivity (Wildman–Crippen MR) is 337 cm³/mol. The largest absolute Gasteiger partial charge is 0.492 e. The van der Waals surface area contributed by atoms with Gasteiger partial charge in [0.25, 0.3) is 17.7 Å². The van der Waals surface area contributed by atoms with Crippen LogP contribution in [-0.2, 0) is 20.7 Å². The van der Waals surface area contributed by atoms with Gasteiger partial charge in [-0.05, 0) is 42.3 Å². The van der Waals surface area contributed by atoms with Crippen molar-refractivity contribution in [2.24, 2.45) is 17.4 Å². The molecule has 7 aromatic heterocycles. The number of ketones is 1. The molecule has 9 aromatic rings. The molecule has 10 bridgehead atoms. The van der Waals surface area contributed by atoms with Gasteiger partial charge in [0.15, 0.2) is 5.78 Å². The van der Waals surface area contributed by atoms with Crippen molar-refractivity contribution in [1.29, 1.82) is 0 Å². The van der Waals surface area contributed by atoms with Crippen molar-refractivity contribution in [1.82, 2.24) is 55.3 Å². The number of aliphatic hydroxyl groups excluding tert-OH is 2. The average molecular weight is 1310 g/mol. The Morgan fingerprint density at radius 1 is 0.719 bits per heavy atom. The first-order valence-corrected chi connectivity index (χ1v) is 33.5. The minimum absolute atomic E-state index is 0.00247. The standard InChI is InChI=1S/C60H57N13O10S6/c1-29-45(75)23-73-49(29)59-70-43(28-88-59)57-66-39(24-86-57)48-34(12-13-36(63-48)56-67-40(25-87-56)51(62)78)54-68-41(26-84-54)52(79)64-37(22-46(61)76)58-71-47(30(2)89-58)44(74)21-35(50(77)32-6-4-3-5-7-32)55-69-42(27-85-55)53(80)65-38(60(73)81)20-31-8-10-33(11-9-31)83-19-16-72-14-17-82-18-15-72/h3-13,24-29,35,37-38,45,49-50,75,77H,14-23H2,1-2H3,(H2,61,76)(H2,62,78)(H,64,79)(H,65,80)/t29-,35-,37-,38-,45-,49-,50+/m0/s1. The van der Waals surface area contributed by atoms with Crippen LogP contribution in [0.2, 0.25) is 0 Å². The molecule has 2 aromatic carbocycles. The maximum Gasteiger partial charge on any atom is 0.271 e. The van der Waals surface area contributed by atoms with E-state index >= 15 is 4.79 Å². The van der Waals surface area contributed by atoms with Crippen LogP contribution in [0.5, 0.6) is 5.75 Å². The van der Waals surface area contributed by atoms with Gasteiger partial charge in [0.2, 0.25) is 11.8 Å². The molecule has 89 heavy (non-hydrogen) atoms. The van der Waals surface area contributed by atoms with Crippen LogP contribution in [0, 0.1) is 12.8 Å². The molecule has 10 heterocycles. The number of morpholine rings is 1.